The van der Waals surface area contributed by atoms with Crippen molar-refractivity contribution in [3.05, 3.63) is 104 Å². The summed E-state index contributed by atoms with van der Waals surface area (Å²) in [4.78, 5) is 51.1. The molecular formula is C37H48N6O4S2. The highest BCUT2D eigenvalue weighted by atomic mass is 32.1. The van der Waals surface area contributed by atoms with Crippen LogP contribution in [0.4, 0.5) is 9.59 Å². The number of benzene rings is 2. The van der Waals surface area contributed by atoms with Gasteiger partial charge in [0.2, 0.25) is 5.91 Å². The number of rotatable bonds is 17. The number of carbonyl (C=O) groups is 3. The summed E-state index contributed by atoms with van der Waals surface area (Å²) >= 11 is 3.01. The molecule has 0 radical (unpaired) electrons. The Morgan fingerprint density at radius 2 is 1.47 bits per heavy atom. The summed E-state index contributed by atoms with van der Waals surface area (Å²) in [7, 11) is 1.66. The minimum atomic E-state index is -0.695. The molecule has 2 aromatic carbocycles. The maximum Gasteiger partial charge on any atom is 0.407 e. The van der Waals surface area contributed by atoms with Crippen molar-refractivity contribution in [3.8, 4) is 0 Å². The number of thiazole rings is 2. The van der Waals surface area contributed by atoms with Crippen LogP contribution in [0, 0.1) is 5.92 Å². The van der Waals surface area contributed by atoms with Gasteiger partial charge in [0.25, 0.3) is 0 Å². The monoisotopic (exact) mass is 704 g/mol. The van der Waals surface area contributed by atoms with E-state index in [1.165, 1.54) is 16.2 Å². The van der Waals surface area contributed by atoms with E-state index in [1.54, 1.807) is 30.1 Å². The fourth-order valence-electron chi connectivity index (χ4n) is 5.61. The molecule has 0 aliphatic rings. The third-order valence-electron chi connectivity index (χ3n) is 8.13. The predicted octanol–water partition coefficient (Wildman–Crippen LogP) is 6.93. The second kappa shape index (κ2) is 19.0. The van der Waals surface area contributed by atoms with Crippen molar-refractivity contribution in [1.82, 2.24) is 30.8 Å². The lowest BCUT2D eigenvalue weighted by Gasteiger charge is -2.32. The molecule has 3 N–H and O–H groups in total. The fraction of sp³-hybridized carbons (Fsp3) is 0.432. The normalized spacial score (nSPS) is 13.0. The first-order valence-corrected chi connectivity index (χ1v) is 18.5. The maximum atomic E-state index is 14.0. The van der Waals surface area contributed by atoms with Gasteiger partial charge in [0.15, 0.2) is 0 Å². The van der Waals surface area contributed by atoms with E-state index in [-0.39, 0.29) is 43.1 Å². The number of hydrogen-bond donors (Lipinski definition) is 3. The minimum Gasteiger partial charge on any atom is -0.444 e. The molecule has 0 fully saturated rings. The number of alkyl carbamates (subject to hydrolysis) is 1. The number of ether oxygens (including phenoxy) is 1. The molecule has 0 spiro atoms. The number of amides is 4. The lowest BCUT2D eigenvalue weighted by atomic mass is 9.95. The summed E-state index contributed by atoms with van der Waals surface area (Å²) in [6.07, 6.45) is 3.59. The second-order valence-electron chi connectivity index (χ2n) is 12.8. The molecule has 49 heavy (non-hydrogen) atoms. The van der Waals surface area contributed by atoms with Gasteiger partial charge < -0.3 is 25.6 Å². The molecule has 0 unspecified atom stereocenters. The van der Waals surface area contributed by atoms with Crippen LogP contribution in [-0.2, 0) is 35.5 Å². The molecule has 0 aliphatic heterocycles. The second-order valence-corrected chi connectivity index (χ2v) is 14.7. The Morgan fingerprint density at radius 1 is 0.857 bits per heavy atom. The first kappa shape index (κ1) is 37.5. The van der Waals surface area contributed by atoms with E-state index < -0.39 is 12.1 Å². The van der Waals surface area contributed by atoms with Crippen LogP contribution in [-0.4, -0.2) is 58.1 Å². The van der Waals surface area contributed by atoms with Crippen LogP contribution >= 0.6 is 22.7 Å². The molecule has 4 amide bonds. The molecule has 4 rings (SSSR count). The van der Waals surface area contributed by atoms with E-state index in [1.807, 2.05) is 79.9 Å². The summed E-state index contributed by atoms with van der Waals surface area (Å²) in [5.74, 6) is -0.0380. The van der Waals surface area contributed by atoms with Crippen molar-refractivity contribution >= 4 is 40.7 Å². The number of nitrogens with zero attached hydrogens (tertiary/aromatic N) is 3. The van der Waals surface area contributed by atoms with Gasteiger partial charge in [-0.05, 0) is 42.7 Å². The molecule has 0 aliphatic carbocycles. The van der Waals surface area contributed by atoms with Crippen LogP contribution < -0.4 is 16.0 Å². The third kappa shape index (κ3) is 12.3. The quantitative estimate of drug-likeness (QED) is 0.109. The fourth-order valence-corrected chi connectivity index (χ4v) is 6.95. The SMILES string of the molecule is CC(C)c1nc(CNC(=O)N(C)[C@H](C(=O)N[C@H](CC[C@H](Cc2ccccc2)NC(=O)OCc2cncs2)Cc2ccccc2)C(C)C)cs1. The van der Waals surface area contributed by atoms with Gasteiger partial charge in [0, 0.05) is 36.6 Å². The van der Waals surface area contributed by atoms with Crippen molar-refractivity contribution in [3.63, 3.8) is 0 Å². The topological polar surface area (TPSA) is 126 Å². The average Bonchev–Trinajstić information content (AvgIpc) is 3.79. The van der Waals surface area contributed by atoms with Gasteiger partial charge in [-0.1, -0.05) is 88.4 Å². The third-order valence-corrected chi connectivity index (χ3v) is 10.1. The van der Waals surface area contributed by atoms with E-state index in [0.29, 0.717) is 31.6 Å². The van der Waals surface area contributed by atoms with Crippen LogP contribution in [0.1, 0.15) is 73.2 Å². The summed E-state index contributed by atoms with van der Waals surface area (Å²) in [5, 5.41) is 12.2. The summed E-state index contributed by atoms with van der Waals surface area (Å²) in [6, 6.07) is 18.5. The van der Waals surface area contributed by atoms with E-state index in [2.05, 4.69) is 39.8 Å². The van der Waals surface area contributed by atoms with E-state index in [0.717, 1.165) is 26.7 Å². The Labute approximate surface area is 297 Å². The van der Waals surface area contributed by atoms with Gasteiger partial charge in [0.05, 0.1) is 27.6 Å². The Balaban J connectivity index is 1.44. The van der Waals surface area contributed by atoms with Crippen molar-refractivity contribution in [2.75, 3.05) is 7.05 Å². The highest BCUT2D eigenvalue weighted by Crippen LogP contribution is 2.20. The Kier molecular flexibility index (Phi) is 14.6. The molecule has 0 bridgehead atoms. The van der Waals surface area contributed by atoms with Gasteiger partial charge in [-0.25, -0.2) is 14.6 Å². The standard InChI is InChI=1S/C37H48N6O4S2/c1-25(2)33(43(5)36(45)39-20-31-23-48-35(41-31)26(3)4)34(44)40-29(18-27-12-8-6-9-13-27)16-17-30(19-28-14-10-7-11-15-28)42-37(46)47-22-32-21-38-24-49-32/h6-15,21,23-26,29-30,33H,16-20,22H2,1-5H3,(H,39,45)(H,40,44)(H,42,46)/t29-,30-,33+/m1/s1. The van der Waals surface area contributed by atoms with E-state index in [9.17, 15) is 14.4 Å². The van der Waals surface area contributed by atoms with Crippen LogP contribution in [0.3, 0.4) is 0 Å². The zero-order chi connectivity index (χ0) is 35.2. The summed E-state index contributed by atoms with van der Waals surface area (Å²) in [5.41, 5.74) is 4.68. The van der Waals surface area contributed by atoms with Crippen molar-refractivity contribution in [2.24, 2.45) is 5.92 Å². The van der Waals surface area contributed by atoms with Crippen LogP contribution in [0.25, 0.3) is 0 Å². The highest BCUT2D eigenvalue weighted by Gasteiger charge is 2.31. The Morgan fingerprint density at radius 3 is 2.00 bits per heavy atom. The van der Waals surface area contributed by atoms with E-state index in [4.69, 9.17) is 4.74 Å². The maximum absolute atomic E-state index is 14.0. The zero-order valence-corrected chi connectivity index (χ0v) is 30.6. The molecule has 2 aromatic heterocycles. The molecule has 0 saturated heterocycles. The lowest BCUT2D eigenvalue weighted by Crippen LogP contribution is -2.55. The molecule has 10 nitrogen and oxygen atoms in total. The van der Waals surface area contributed by atoms with Crippen molar-refractivity contribution in [2.45, 2.75) is 90.6 Å². The molecule has 2 heterocycles. The lowest BCUT2D eigenvalue weighted by molar-refractivity contribution is -0.127. The average molecular weight is 705 g/mol. The zero-order valence-electron chi connectivity index (χ0n) is 28.9. The van der Waals surface area contributed by atoms with Gasteiger partial charge in [-0.15, -0.1) is 22.7 Å². The molecule has 262 valence electrons. The van der Waals surface area contributed by atoms with Gasteiger partial charge in [0.1, 0.15) is 12.6 Å². The van der Waals surface area contributed by atoms with Crippen molar-refractivity contribution in [1.29, 1.82) is 0 Å². The smallest absolute Gasteiger partial charge is 0.407 e. The van der Waals surface area contributed by atoms with Crippen LogP contribution in [0.5, 0.6) is 0 Å². The predicted molar refractivity (Wildman–Crippen MR) is 196 cm³/mol. The number of aromatic nitrogens is 2. The van der Waals surface area contributed by atoms with Gasteiger partial charge in [-0.3, -0.25) is 9.78 Å². The van der Waals surface area contributed by atoms with Crippen molar-refractivity contribution < 1.29 is 19.1 Å². The highest BCUT2D eigenvalue weighted by molar-refractivity contribution is 7.09. The molecule has 12 heteroatoms. The molecular weight excluding hydrogens is 657 g/mol. The number of urea groups is 1. The Bertz CT molecular complexity index is 1580. The van der Waals surface area contributed by atoms with Crippen LogP contribution in [0.2, 0.25) is 0 Å². The molecule has 0 saturated carbocycles. The number of carbonyl (C=O) groups excluding carboxylic acids is 3. The van der Waals surface area contributed by atoms with Crippen LogP contribution in [0.15, 0.2) is 77.8 Å². The number of likely N-dealkylation sites (N-methyl/N-ethyl adjacent to an activating group) is 1. The molecule has 4 aromatic rings. The number of hydrogen-bond acceptors (Lipinski definition) is 8. The van der Waals surface area contributed by atoms with E-state index >= 15 is 0 Å². The largest absolute Gasteiger partial charge is 0.444 e. The Hall–Kier alpha value is -4.29. The first-order chi connectivity index (χ1) is 23.6. The number of nitrogens with one attached hydrogen (secondary N) is 3. The minimum absolute atomic E-state index is 0.138. The van der Waals surface area contributed by atoms with Gasteiger partial charge in [-0.2, -0.15) is 0 Å². The molecule has 3 atom stereocenters. The summed E-state index contributed by atoms with van der Waals surface area (Å²) in [6.45, 7) is 8.50. The first-order valence-electron chi connectivity index (χ1n) is 16.7. The summed E-state index contributed by atoms with van der Waals surface area (Å²) < 4.78 is 5.49. The van der Waals surface area contributed by atoms with Gasteiger partial charge >= 0.3 is 12.1 Å².